The highest BCUT2D eigenvalue weighted by molar-refractivity contribution is 9.10. The Hall–Kier alpha value is -1.26. The molecule has 1 atom stereocenters. The zero-order valence-electron chi connectivity index (χ0n) is 9.62. The molecule has 4 heteroatoms. The number of hydrogen-bond acceptors (Lipinski definition) is 1. The fourth-order valence-corrected chi connectivity index (χ4v) is 2.30. The average molecular weight is 313 g/mol. The molecule has 0 saturated heterocycles. The molecule has 0 spiro atoms. The Kier molecular flexibility index (Phi) is 3.78. The van der Waals surface area contributed by atoms with Gasteiger partial charge in [-0.25, -0.2) is 8.78 Å². The molecule has 0 fully saturated rings. The summed E-state index contributed by atoms with van der Waals surface area (Å²) in [6.07, 6.45) is -0.990. The summed E-state index contributed by atoms with van der Waals surface area (Å²) in [6, 6.07) is 8.22. The topological polar surface area (TPSA) is 20.2 Å². The van der Waals surface area contributed by atoms with Gasteiger partial charge in [-0.3, -0.25) is 0 Å². The summed E-state index contributed by atoms with van der Waals surface area (Å²) >= 11 is 3.27. The molecule has 2 aromatic rings. The van der Waals surface area contributed by atoms with Crippen LogP contribution in [-0.4, -0.2) is 5.11 Å². The van der Waals surface area contributed by atoms with Crippen molar-refractivity contribution in [1.29, 1.82) is 0 Å². The molecule has 94 valence electrons. The Morgan fingerprint density at radius 3 is 2.28 bits per heavy atom. The van der Waals surface area contributed by atoms with Gasteiger partial charge in [-0.05, 0) is 48.4 Å². The Morgan fingerprint density at radius 2 is 1.61 bits per heavy atom. The maximum atomic E-state index is 13.2. The molecule has 0 aromatic heterocycles. The van der Waals surface area contributed by atoms with Gasteiger partial charge in [-0.1, -0.05) is 22.0 Å². The summed E-state index contributed by atoms with van der Waals surface area (Å²) < 4.78 is 26.8. The minimum absolute atomic E-state index is 0.359. The van der Waals surface area contributed by atoms with Crippen molar-refractivity contribution < 1.29 is 13.9 Å². The third kappa shape index (κ3) is 2.60. The van der Waals surface area contributed by atoms with E-state index in [4.69, 9.17) is 0 Å². The fourth-order valence-electron chi connectivity index (χ4n) is 1.84. The van der Waals surface area contributed by atoms with Crippen molar-refractivity contribution in [3.63, 3.8) is 0 Å². The number of rotatable bonds is 2. The van der Waals surface area contributed by atoms with E-state index >= 15 is 0 Å². The molecular formula is C14H11BrF2O. The number of halogens is 3. The van der Waals surface area contributed by atoms with Crippen LogP contribution in [0.3, 0.4) is 0 Å². The van der Waals surface area contributed by atoms with E-state index in [0.29, 0.717) is 21.2 Å². The molecule has 0 aliphatic carbocycles. The van der Waals surface area contributed by atoms with E-state index in [2.05, 4.69) is 15.9 Å². The maximum absolute atomic E-state index is 13.2. The van der Waals surface area contributed by atoms with Gasteiger partial charge < -0.3 is 5.11 Å². The standard InChI is InChI=1S/C14H11BrF2O/c1-8-6-9(16)2-4-11(8)14(18)12-7-10(17)3-5-13(12)15/h2-7,14,18H,1H3. The molecule has 0 radical (unpaired) electrons. The SMILES string of the molecule is Cc1cc(F)ccc1C(O)c1cc(F)ccc1Br. The zero-order valence-corrected chi connectivity index (χ0v) is 11.2. The maximum Gasteiger partial charge on any atom is 0.123 e. The van der Waals surface area contributed by atoms with Crippen LogP contribution in [0.15, 0.2) is 40.9 Å². The minimum Gasteiger partial charge on any atom is -0.384 e. The number of aliphatic hydroxyl groups excluding tert-OH is 1. The molecule has 2 aromatic carbocycles. The van der Waals surface area contributed by atoms with Crippen LogP contribution in [0.1, 0.15) is 22.8 Å². The van der Waals surface area contributed by atoms with Gasteiger partial charge in [0.05, 0.1) is 0 Å². The van der Waals surface area contributed by atoms with Crippen molar-refractivity contribution in [3.05, 3.63) is 69.2 Å². The Bertz CT molecular complexity index is 584. The number of aliphatic hydroxyl groups is 1. The highest BCUT2D eigenvalue weighted by Gasteiger charge is 2.16. The summed E-state index contributed by atoms with van der Waals surface area (Å²) in [7, 11) is 0. The van der Waals surface area contributed by atoms with Gasteiger partial charge in [0.2, 0.25) is 0 Å². The number of aryl methyl sites for hydroxylation is 1. The zero-order chi connectivity index (χ0) is 13.3. The molecule has 1 unspecified atom stereocenters. The third-order valence-electron chi connectivity index (χ3n) is 2.78. The van der Waals surface area contributed by atoms with E-state index < -0.39 is 11.9 Å². The minimum atomic E-state index is -0.990. The van der Waals surface area contributed by atoms with Crippen LogP contribution in [-0.2, 0) is 0 Å². The molecule has 1 nitrogen and oxygen atoms in total. The van der Waals surface area contributed by atoms with E-state index in [-0.39, 0.29) is 5.82 Å². The quantitative estimate of drug-likeness (QED) is 0.884. The van der Waals surface area contributed by atoms with Gasteiger partial charge in [0.25, 0.3) is 0 Å². The largest absolute Gasteiger partial charge is 0.384 e. The Balaban J connectivity index is 2.47. The van der Waals surface area contributed by atoms with Crippen molar-refractivity contribution in [1.82, 2.24) is 0 Å². The molecule has 0 amide bonds. The first-order valence-corrected chi connectivity index (χ1v) is 6.17. The second kappa shape index (κ2) is 5.16. The first-order chi connectivity index (χ1) is 8.49. The molecule has 2 rings (SSSR count). The van der Waals surface area contributed by atoms with E-state index in [9.17, 15) is 13.9 Å². The molecule has 0 bridgehead atoms. The van der Waals surface area contributed by atoms with Crippen molar-refractivity contribution in [3.8, 4) is 0 Å². The predicted molar refractivity (Wildman–Crippen MR) is 69.3 cm³/mol. The van der Waals surface area contributed by atoms with E-state index in [1.54, 1.807) is 6.92 Å². The van der Waals surface area contributed by atoms with Crippen LogP contribution < -0.4 is 0 Å². The van der Waals surface area contributed by atoms with Crippen LogP contribution in [0.5, 0.6) is 0 Å². The smallest absolute Gasteiger partial charge is 0.123 e. The summed E-state index contributed by atoms with van der Waals surface area (Å²) in [5.41, 5.74) is 1.60. The highest BCUT2D eigenvalue weighted by Crippen LogP contribution is 2.31. The van der Waals surface area contributed by atoms with Crippen LogP contribution in [0.4, 0.5) is 8.78 Å². The lowest BCUT2D eigenvalue weighted by atomic mass is 9.97. The molecule has 0 aliphatic rings. The fraction of sp³-hybridized carbons (Fsp3) is 0.143. The monoisotopic (exact) mass is 312 g/mol. The number of benzene rings is 2. The average Bonchev–Trinajstić information content (AvgIpc) is 2.31. The molecular weight excluding hydrogens is 302 g/mol. The van der Waals surface area contributed by atoms with E-state index in [1.165, 1.54) is 36.4 Å². The summed E-state index contributed by atoms with van der Waals surface area (Å²) in [5, 5.41) is 10.2. The van der Waals surface area contributed by atoms with Crippen LogP contribution in [0.25, 0.3) is 0 Å². The highest BCUT2D eigenvalue weighted by atomic mass is 79.9. The van der Waals surface area contributed by atoms with Gasteiger partial charge in [-0.15, -0.1) is 0 Å². The molecule has 0 aliphatic heterocycles. The van der Waals surface area contributed by atoms with Crippen molar-refractivity contribution in [2.45, 2.75) is 13.0 Å². The lowest BCUT2D eigenvalue weighted by Gasteiger charge is -2.15. The molecule has 0 heterocycles. The van der Waals surface area contributed by atoms with Gasteiger partial charge in [0, 0.05) is 10.0 Å². The predicted octanol–water partition coefficient (Wildman–Crippen LogP) is 4.12. The Morgan fingerprint density at radius 1 is 1.00 bits per heavy atom. The van der Waals surface area contributed by atoms with Gasteiger partial charge in [0.1, 0.15) is 17.7 Å². The van der Waals surface area contributed by atoms with E-state index in [1.807, 2.05) is 0 Å². The van der Waals surface area contributed by atoms with Crippen molar-refractivity contribution in [2.75, 3.05) is 0 Å². The summed E-state index contributed by atoms with van der Waals surface area (Å²) in [5.74, 6) is -0.784. The first kappa shape index (κ1) is 13.2. The van der Waals surface area contributed by atoms with Crippen molar-refractivity contribution in [2.24, 2.45) is 0 Å². The van der Waals surface area contributed by atoms with Gasteiger partial charge in [0.15, 0.2) is 0 Å². The number of hydrogen-bond donors (Lipinski definition) is 1. The lowest BCUT2D eigenvalue weighted by Crippen LogP contribution is -2.04. The lowest BCUT2D eigenvalue weighted by molar-refractivity contribution is 0.218. The van der Waals surface area contributed by atoms with E-state index in [0.717, 1.165) is 0 Å². The first-order valence-electron chi connectivity index (χ1n) is 5.38. The van der Waals surface area contributed by atoms with Crippen LogP contribution in [0, 0.1) is 18.6 Å². The van der Waals surface area contributed by atoms with Gasteiger partial charge in [-0.2, -0.15) is 0 Å². The third-order valence-corrected chi connectivity index (χ3v) is 3.50. The second-order valence-corrected chi connectivity index (χ2v) is 4.92. The Labute approximate surface area is 112 Å². The van der Waals surface area contributed by atoms with Crippen LogP contribution >= 0.6 is 15.9 Å². The summed E-state index contributed by atoms with van der Waals surface area (Å²) in [6.45, 7) is 1.70. The normalized spacial score (nSPS) is 12.5. The molecule has 18 heavy (non-hydrogen) atoms. The molecule has 0 saturated carbocycles. The second-order valence-electron chi connectivity index (χ2n) is 4.07. The van der Waals surface area contributed by atoms with Crippen LogP contribution in [0.2, 0.25) is 0 Å². The summed E-state index contributed by atoms with van der Waals surface area (Å²) in [4.78, 5) is 0. The van der Waals surface area contributed by atoms with Crippen molar-refractivity contribution >= 4 is 15.9 Å². The van der Waals surface area contributed by atoms with Gasteiger partial charge >= 0.3 is 0 Å². The molecule has 1 N–H and O–H groups in total.